The lowest BCUT2D eigenvalue weighted by molar-refractivity contribution is 0.243. The lowest BCUT2D eigenvalue weighted by atomic mass is 9.93. The third-order valence-electron chi connectivity index (χ3n) is 3.72. The van der Waals surface area contributed by atoms with Crippen LogP contribution in [0.15, 0.2) is 23.2 Å². The Morgan fingerprint density at radius 1 is 1.50 bits per heavy atom. The molecule has 1 aromatic heterocycles. The van der Waals surface area contributed by atoms with Gasteiger partial charge >= 0.3 is 0 Å². The summed E-state index contributed by atoms with van der Waals surface area (Å²) < 4.78 is 31.6. The summed E-state index contributed by atoms with van der Waals surface area (Å²) in [6, 6.07) is 3.08. The molecule has 1 fully saturated rings. The Labute approximate surface area is 120 Å². The molecule has 0 aliphatic carbocycles. The van der Waals surface area contributed by atoms with Gasteiger partial charge in [0.05, 0.1) is 13.3 Å². The number of methoxy groups -OCH3 is 1. The van der Waals surface area contributed by atoms with Crippen molar-refractivity contribution in [2.24, 2.45) is 11.7 Å². The summed E-state index contributed by atoms with van der Waals surface area (Å²) in [4.78, 5) is 4.16. The van der Waals surface area contributed by atoms with Crippen LogP contribution in [-0.4, -0.2) is 43.9 Å². The number of hydrogen-bond acceptors (Lipinski definition) is 5. The number of hydrogen-bond donors (Lipinski definition) is 1. The van der Waals surface area contributed by atoms with Crippen molar-refractivity contribution in [2.45, 2.75) is 30.7 Å². The summed E-state index contributed by atoms with van der Waals surface area (Å²) in [6.07, 6.45) is 3.16. The van der Waals surface area contributed by atoms with Crippen molar-refractivity contribution in [3.63, 3.8) is 0 Å². The second-order valence-corrected chi connectivity index (χ2v) is 7.10. The lowest BCUT2D eigenvalue weighted by Gasteiger charge is -2.33. The van der Waals surface area contributed by atoms with Gasteiger partial charge < -0.3 is 10.5 Å². The van der Waals surface area contributed by atoms with Gasteiger partial charge in [0.15, 0.2) is 0 Å². The first-order chi connectivity index (χ1) is 9.45. The summed E-state index contributed by atoms with van der Waals surface area (Å²) in [5, 5.41) is 0. The van der Waals surface area contributed by atoms with Crippen molar-refractivity contribution in [3.8, 4) is 5.88 Å². The zero-order chi connectivity index (χ0) is 14.8. The molecule has 2 N–H and O–H groups in total. The third kappa shape index (κ3) is 3.11. The minimum absolute atomic E-state index is 0.00184. The predicted octanol–water partition coefficient (Wildman–Crippen LogP) is 0.838. The van der Waals surface area contributed by atoms with Gasteiger partial charge in [-0.1, -0.05) is 0 Å². The van der Waals surface area contributed by atoms with Gasteiger partial charge in [0, 0.05) is 25.2 Å². The van der Waals surface area contributed by atoms with Gasteiger partial charge in [0.2, 0.25) is 15.9 Å². The molecule has 1 aliphatic heterocycles. The van der Waals surface area contributed by atoms with Crippen LogP contribution in [0.4, 0.5) is 0 Å². The molecule has 0 saturated carbocycles. The molecule has 0 spiro atoms. The summed E-state index contributed by atoms with van der Waals surface area (Å²) in [5.74, 6) is 0.612. The molecule has 0 amide bonds. The van der Waals surface area contributed by atoms with Crippen molar-refractivity contribution >= 4 is 10.0 Å². The highest BCUT2D eigenvalue weighted by molar-refractivity contribution is 7.89. The number of piperidine rings is 1. The highest BCUT2D eigenvalue weighted by Crippen LogP contribution is 2.25. The first-order valence-electron chi connectivity index (χ1n) is 6.71. The summed E-state index contributed by atoms with van der Waals surface area (Å²) >= 11 is 0. The van der Waals surface area contributed by atoms with Crippen LogP contribution in [0.1, 0.15) is 19.8 Å². The van der Waals surface area contributed by atoms with Gasteiger partial charge in [-0.2, -0.15) is 4.31 Å². The first kappa shape index (κ1) is 15.2. The van der Waals surface area contributed by atoms with E-state index in [0.717, 1.165) is 12.8 Å². The van der Waals surface area contributed by atoms with Gasteiger partial charge in [-0.3, -0.25) is 0 Å². The van der Waals surface area contributed by atoms with Crippen LogP contribution in [0.3, 0.4) is 0 Å². The smallest absolute Gasteiger partial charge is 0.244 e. The number of rotatable bonds is 4. The Hall–Kier alpha value is -1.18. The minimum atomic E-state index is -3.49. The van der Waals surface area contributed by atoms with Crippen molar-refractivity contribution in [1.29, 1.82) is 0 Å². The Morgan fingerprint density at radius 3 is 2.80 bits per heavy atom. The average molecular weight is 299 g/mol. The van der Waals surface area contributed by atoms with Gasteiger partial charge in [-0.15, -0.1) is 0 Å². The van der Waals surface area contributed by atoms with Gasteiger partial charge in [0.1, 0.15) is 4.90 Å². The van der Waals surface area contributed by atoms with Gasteiger partial charge in [-0.25, -0.2) is 13.4 Å². The molecule has 1 aromatic rings. The molecule has 2 unspecified atom stereocenters. The van der Waals surface area contributed by atoms with Crippen molar-refractivity contribution < 1.29 is 13.2 Å². The predicted molar refractivity (Wildman–Crippen MR) is 75.9 cm³/mol. The van der Waals surface area contributed by atoms with E-state index in [2.05, 4.69) is 4.98 Å². The highest BCUT2D eigenvalue weighted by Gasteiger charge is 2.31. The van der Waals surface area contributed by atoms with E-state index in [-0.39, 0.29) is 16.9 Å². The molecule has 7 heteroatoms. The van der Waals surface area contributed by atoms with E-state index in [1.807, 2.05) is 6.92 Å². The molecule has 1 aliphatic rings. The molecule has 2 atom stereocenters. The maximum Gasteiger partial charge on any atom is 0.244 e. The summed E-state index contributed by atoms with van der Waals surface area (Å²) in [6.45, 7) is 2.94. The fourth-order valence-electron chi connectivity index (χ4n) is 2.41. The number of sulfonamides is 1. The maximum absolute atomic E-state index is 12.6. The summed E-state index contributed by atoms with van der Waals surface area (Å²) in [7, 11) is -2.00. The fraction of sp³-hybridized carbons (Fsp3) is 0.615. The Balaban J connectivity index is 2.20. The van der Waals surface area contributed by atoms with Gasteiger partial charge in [0.25, 0.3) is 0 Å². The third-order valence-corrected chi connectivity index (χ3v) is 5.57. The van der Waals surface area contributed by atoms with E-state index in [0.29, 0.717) is 19.0 Å². The molecule has 0 bridgehead atoms. The van der Waals surface area contributed by atoms with Gasteiger partial charge in [-0.05, 0) is 31.7 Å². The topological polar surface area (TPSA) is 85.5 Å². The van der Waals surface area contributed by atoms with E-state index < -0.39 is 10.0 Å². The maximum atomic E-state index is 12.6. The zero-order valence-electron chi connectivity index (χ0n) is 11.8. The number of aromatic nitrogens is 1. The van der Waals surface area contributed by atoms with Crippen LogP contribution in [0.25, 0.3) is 0 Å². The highest BCUT2D eigenvalue weighted by atomic mass is 32.2. The monoisotopic (exact) mass is 299 g/mol. The SMILES string of the molecule is COc1ccc(S(=O)(=O)N2CCCC(C(C)N)C2)cn1. The molecular formula is C13H21N3O3S. The Kier molecular flexibility index (Phi) is 4.62. The molecule has 1 saturated heterocycles. The minimum Gasteiger partial charge on any atom is -0.481 e. The van der Waals surface area contributed by atoms with Crippen molar-refractivity contribution in [2.75, 3.05) is 20.2 Å². The molecule has 0 radical (unpaired) electrons. The normalized spacial score (nSPS) is 22.4. The van der Waals surface area contributed by atoms with Crippen molar-refractivity contribution in [1.82, 2.24) is 9.29 Å². The first-order valence-corrected chi connectivity index (χ1v) is 8.15. The van der Waals surface area contributed by atoms with Crippen LogP contribution in [0.5, 0.6) is 5.88 Å². The van der Waals surface area contributed by atoms with E-state index in [1.54, 1.807) is 6.07 Å². The quantitative estimate of drug-likeness (QED) is 0.890. The van der Waals surface area contributed by atoms with E-state index in [9.17, 15) is 8.42 Å². The fourth-order valence-corrected chi connectivity index (χ4v) is 3.89. The number of nitrogens with zero attached hydrogens (tertiary/aromatic N) is 2. The molecule has 6 nitrogen and oxygen atoms in total. The molecule has 112 valence electrons. The van der Waals surface area contributed by atoms with E-state index >= 15 is 0 Å². The second kappa shape index (κ2) is 6.07. The van der Waals surface area contributed by atoms with Crippen molar-refractivity contribution in [3.05, 3.63) is 18.3 Å². The lowest BCUT2D eigenvalue weighted by Crippen LogP contribution is -2.44. The largest absolute Gasteiger partial charge is 0.481 e. The molecule has 2 rings (SSSR count). The zero-order valence-corrected chi connectivity index (χ0v) is 12.6. The summed E-state index contributed by atoms with van der Waals surface area (Å²) in [5.41, 5.74) is 5.90. The van der Waals surface area contributed by atoms with E-state index in [4.69, 9.17) is 10.5 Å². The molecular weight excluding hydrogens is 278 g/mol. The molecule has 2 heterocycles. The van der Waals surface area contributed by atoms with Crippen LogP contribution in [-0.2, 0) is 10.0 Å². The number of ether oxygens (including phenoxy) is 1. The second-order valence-electron chi connectivity index (χ2n) is 5.16. The van der Waals surface area contributed by atoms with Crippen LogP contribution in [0.2, 0.25) is 0 Å². The van der Waals surface area contributed by atoms with Crippen LogP contribution >= 0.6 is 0 Å². The van der Waals surface area contributed by atoms with Crippen LogP contribution < -0.4 is 10.5 Å². The van der Waals surface area contributed by atoms with Crippen LogP contribution in [0, 0.1) is 5.92 Å². The Morgan fingerprint density at radius 2 is 2.25 bits per heavy atom. The number of pyridine rings is 1. The standard InChI is InChI=1S/C13H21N3O3S/c1-10(14)11-4-3-7-16(9-11)20(17,18)12-5-6-13(19-2)15-8-12/h5-6,8,10-11H,3-4,7,9,14H2,1-2H3. The number of nitrogens with two attached hydrogens (primary N) is 1. The average Bonchev–Trinajstić information content (AvgIpc) is 2.47. The molecule has 0 aromatic carbocycles. The Bertz CT molecular complexity index is 542. The van der Waals surface area contributed by atoms with E-state index in [1.165, 1.54) is 23.7 Å². The molecule has 20 heavy (non-hydrogen) atoms.